The van der Waals surface area contributed by atoms with E-state index in [9.17, 15) is 71.9 Å². The van der Waals surface area contributed by atoms with Crippen LogP contribution in [-0.2, 0) is 107 Å². The van der Waals surface area contributed by atoms with Crippen molar-refractivity contribution < 1.29 is 28.6 Å². The lowest BCUT2D eigenvalue weighted by molar-refractivity contribution is -0.148. The first-order chi connectivity index (χ1) is 35.4. The van der Waals surface area contributed by atoms with Gasteiger partial charge in [-0.2, -0.15) is 0 Å². The fourth-order valence-corrected chi connectivity index (χ4v) is 7.70. The molecule has 0 amide bonds. The van der Waals surface area contributed by atoms with E-state index in [1.165, 1.54) is 0 Å². The van der Waals surface area contributed by atoms with Crippen molar-refractivity contribution >= 4 is 17.9 Å². The molecular formula is C45H54N12O18. The fraction of sp³-hybridized carbons (Fsp3) is 0.400. The monoisotopic (exact) mass is 1050 g/mol. The van der Waals surface area contributed by atoms with E-state index in [1.807, 2.05) is 0 Å². The average molecular weight is 1050 g/mol. The van der Waals surface area contributed by atoms with Gasteiger partial charge in [0.25, 0.3) is 0 Å². The van der Waals surface area contributed by atoms with Crippen molar-refractivity contribution in [3.8, 4) is 0 Å². The number of esters is 3. The van der Waals surface area contributed by atoms with Gasteiger partial charge in [-0.05, 0) is 0 Å². The maximum atomic E-state index is 14.7. The summed E-state index contributed by atoms with van der Waals surface area (Å²) in [6.45, 7) is 14.7. The number of allylic oxidation sites excluding steroid dienone is 6. The van der Waals surface area contributed by atoms with Crippen molar-refractivity contribution in [2.24, 2.45) is 0 Å². The summed E-state index contributed by atoms with van der Waals surface area (Å²) in [5.41, 5.74) is -15.6. The molecule has 0 saturated heterocycles. The first kappa shape index (κ1) is 58.1. The smallest absolute Gasteiger partial charge is 0.336 e. The van der Waals surface area contributed by atoms with Gasteiger partial charge in [0.2, 0.25) is 0 Å². The molecule has 4 aromatic rings. The molecule has 0 bridgehead atoms. The van der Waals surface area contributed by atoms with Crippen LogP contribution < -0.4 is 68.3 Å². The van der Waals surface area contributed by atoms with E-state index in [-0.39, 0.29) is 13.7 Å². The minimum absolute atomic E-state index is 0.249. The van der Waals surface area contributed by atoms with Gasteiger partial charge in [-0.15, -0.1) is 39.5 Å². The van der Waals surface area contributed by atoms with Crippen LogP contribution >= 0.6 is 0 Å². The van der Waals surface area contributed by atoms with Crippen LogP contribution in [0.3, 0.4) is 0 Å². The third-order valence-electron chi connectivity index (χ3n) is 10.7. The van der Waals surface area contributed by atoms with E-state index in [0.717, 1.165) is 57.2 Å². The topological polar surface area (TPSA) is 343 Å². The SMILES string of the molecule is C=CCn1c(=O)n(CC=C)c(=O)n(CC(Cn2c(=O)n(CC(Cn3c(=O)n(CC=C)c(=O)n(CC=C)c3=O)OC(C)=O)c(=O)n(CC(Cn3c(=O)n(CC=C)c(=O)n(CC=C)c3=O)OC(C)=O)c2=O)OC(C)=O)c1=O. The summed E-state index contributed by atoms with van der Waals surface area (Å²) in [4.78, 5) is 204. The predicted molar refractivity (Wildman–Crippen MR) is 265 cm³/mol. The van der Waals surface area contributed by atoms with Crippen molar-refractivity contribution in [1.29, 1.82) is 0 Å². The van der Waals surface area contributed by atoms with Gasteiger partial charge in [-0.3, -0.25) is 14.4 Å². The summed E-state index contributed by atoms with van der Waals surface area (Å²) in [5, 5.41) is 0. The lowest BCUT2D eigenvalue weighted by atomic mass is 10.3. The van der Waals surface area contributed by atoms with Gasteiger partial charge in [0, 0.05) is 20.8 Å². The molecule has 0 N–H and O–H groups in total. The van der Waals surface area contributed by atoms with Crippen LogP contribution in [0.5, 0.6) is 0 Å². The molecule has 30 heteroatoms. The maximum Gasteiger partial charge on any atom is 0.336 e. The number of ether oxygens (including phenoxy) is 3. The largest absolute Gasteiger partial charge is 0.459 e. The third kappa shape index (κ3) is 12.8. The molecule has 0 saturated carbocycles. The third-order valence-corrected chi connectivity index (χ3v) is 10.7. The molecule has 4 heterocycles. The van der Waals surface area contributed by atoms with Gasteiger partial charge in [0.05, 0.1) is 78.5 Å². The highest BCUT2D eigenvalue weighted by atomic mass is 16.6. The molecular weight excluding hydrogens is 997 g/mol. The van der Waals surface area contributed by atoms with Crippen molar-refractivity contribution in [3.05, 3.63) is 202 Å². The van der Waals surface area contributed by atoms with E-state index < -0.39 is 183 Å². The first-order valence-corrected chi connectivity index (χ1v) is 22.4. The van der Waals surface area contributed by atoms with Gasteiger partial charge in [-0.25, -0.2) is 112 Å². The summed E-state index contributed by atoms with van der Waals surface area (Å²) < 4.78 is 21.8. The second-order valence-electron chi connectivity index (χ2n) is 16.1. The summed E-state index contributed by atoms with van der Waals surface area (Å²) in [5.74, 6) is -3.33. The molecule has 3 atom stereocenters. The number of aromatic nitrogens is 12. The summed E-state index contributed by atoms with van der Waals surface area (Å²) >= 11 is 0. The molecule has 4 rings (SSSR count). The van der Waals surface area contributed by atoms with Crippen LogP contribution in [0, 0.1) is 0 Å². The zero-order valence-corrected chi connectivity index (χ0v) is 41.1. The number of hydrogen-bond acceptors (Lipinski definition) is 18. The van der Waals surface area contributed by atoms with E-state index in [4.69, 9.17) is 14.2 Å². The van der Waals surface area contributed by atoms with Crippen molar-refractivity contribution in [3.63, 3.8) is 0 Å². The van der Waals surface area contributed by atoms with Gasteiger partial charge in [-0.1, -0.05) is 36.5 Å². The van der Waals surface area contributed by atoms with Crippen LogP contribution in [0.15, 0.2) is 133 Å². The number of carbonyl (C=O) groups is 3. The normalized spacial score (nSPS) is 12.2. The molecule has 30 nitrogen and oxygen atoms in total. The number of hydrogen-bond donors (Lipinski definition) is 0. The molecule has 0 spiro atoms. The Kier molecular flexibility index (Phi) is 19.5. The Balaban J connectivity index is 2.11. The molecule has 0 aliphatic heterocycles. The Hall–Kier alpha value is -9.51. The van der Waals surface area contributed by atoms with E-state index in [0.29, 0.717) is 41.1 Å². The van der Waals surface area contributed by atoms with E-state index in [2.05, 4.69) is 39.5 Å². The van der Waals surface area contributed by atoms with Crippen LogP contribution in [0.25, 0.3) is 0 Å². The van der Waals surface area contributed by atoms with Crippen LogP contribution in [0.2, 0.25) is 0 Å². The predicted octanol–water partition coefficient (Wildman–Crippen LogP) is -5.36. The molecule has 75 heavy (non-hydrogen) atoms. The minimum Gasteiger partial charge on any atom is -0.459 e. The standard InChI is InChI=1S/C45H54N12O18/c1-10-16-46-34(61)47(17-11-2)38(65)52(37(46)64)22-31(73-28(7)58)25-55-43(70)56(26-32(74-29(8)59)23-53-39(66)48(18-12-3)35(62)49(19-13-4)40(53)67)45(72)57(44(55)71)27-33(75-30(9)60)24-54-41(68)50(20-14-5)36(63)51(21-15-6)42(54)69/h10-15,31-33H,1-6,16-27H2,7-9H3. The second kappa shape index (κ2) is 25.2. The summed E-state index contributed by atoms with van der Waals surface area (Å²) in [6.07, 6.45) is 1.29. The Bertz CT molecular complexity index is 3180. The maximum absolute atomic E-state index is 14.7. The quantitative estimate of drug-likeness (QED) is 0.0306. The Morgan fingerprint density at radius 1 is 0.293 bits per heavy atom. The molecule has 0 aromatic carbocycles. The first-order valence-electron chi connectivity index (χ1n) is 22.4. The van der Waals surface area contributed by atoms with Gasteiger partial charge in [0.1, 0.15) is 18.3 Å². The van der Waals surface area contributed by atoms with E-state index in [1.54, 1.807) is 0 Å². The highest BCUT2D eigenvalue weighted by molar-refractivity contribution is 5.66. The minimum atomic E-state index is -1.89. The molecule has 0 radical (unpaired) electrons. The van der Waals surface area contributed by atoms with Crippen LogP contribution in [0.1, 0.15) is 20.8 Å². The highest BCUT2D eigenvalue weighted by Crippen LogP contribution is 2.04. The van der Waals surface area contributed by atoms with Gasteiger partial charge in [0.15, 0.2) is 0 Å². The van der Waals surface area contributed by atoms with Gasteiger partial charge >= 0.3 is 86.2 Å². The Morgan fingerprint density at radius 2 is 0.413 bits per heavy atom. The Morgan fingerprint density at radius 3 is 0.533 bits per heavy atom. The van der Waals surface area contributed by atoms with Crippen LogP contribution in [-0.4, -0.2) is 91.0 Å². The van der Waals surface area contributed by atoms with Crippen molar-refractivity contribution in [1.82, 2.24) is 54.8 Å². The van der Waals surface area contributed by atoms with E-state index >= 15 is 0 Å². The molecule has 0 aliphatic rings. The van der Waals surface area contributed by atoms with Crippen LogP contribution in [0.4, 0.5) is 0 Å². The fourth-order valence-electron chi connectivity index (χ4n) is 7.70. The number of nitrogens with zero attached hydrogens (tertiary/aromatic N) is 12. The van der Waals surface area contributed by atoms with Gasteiger partial charge < -0.3 is 14.2 Å². The number of carbonyl (C=O) groups excluding carboxylic acids is 3. The number of rotatable bonds is 27. The molecule has 3 unspecified atom stereocenters. The highest BCUT2D eigenvalue weighted by Gasteiger charge is 2.30. The second-order valence-corrected chi connectivity index (χ2v) is 16.1. The molecule has 4 aromatic heterocycles. The van der Waals surface area contributed by atoms with Crippen molar-refractivity contribution in [2.45, 2.75) is 118 Å². The molecule has 0 aliphatic carbocycles. The summed E-state index contributed by atoms with van der Waals surface area (Å²) in [7, 11) is 0. The Labute approximate surface area is 419 Å². The molecule has 0 fully saturated rings. The average Bonchev–Trinajstić information content (AvgIpc) is 3.34. The zero-order valence-electron chi connectivity index (χ0n) is 41.1. The zero-order chi connectivity index (χ0) is 56.2. The molecule has 402 valence electrons. The lowest BCUT2D eigenvalue weighted by Gasteiger charge is -2.24. The van der Waals surface area contributed by atoms with Crippen molar-refractivity contribution in [2.75, 3.05) is 0 Å². The summed E-state index contributed by atoms with van der Waals surface area (Å²) in [6, 6.07) is 0. The lowest BCUT2D eigenvalue weighted by Crippen LogP contribution is -2.60.